The standard InChI is InChI=1S/C7H12O.C3H6/c1-4-5-7(8)6(2)3;1-3-2/h2,4-5H2,1,3H3;3H,1H2,2H3. The quantitative estimate of drug-likeness (QED) is 0.451. The molecule has 0 amide bonds. The molecule has 0 atom stereocenters. The first-order valence-electron chi connectivity index (χ1n) is 3.85. The molecule has 1 nitrogen and oxygen atoms in total. The summed E-state index contributed by atoms with van der Waals surface area (Å²) in [4.78, 5) is 10.6. The van der Waals surface area contributed by atoms with Crippen LogP contribution in [-0.4, -0.2) is 5.78 Å². The molecule has 0 fully saturated rings. The minimum Gasteiger partial charge on any atom is -0.295 e. The molecule has 64 valence electrons. The van der Waals surface area contributed by atoms with Crippen molar-refractivity contribution < 1.29 is 4.79 Å². The van der Waals surface area contributed by atoms with Crippen molar-refractivity contribution in [2.75, 3.05) is 0 Å². The lowest BCUT2D eigenvalue weighted by Crippen LogP contribution is -1.95. The van der Waals surface area contributed by atoms with Crippen LogP contribution < -0.4 is 0 Å². The van der Waals surface area contributed by atoms with Crippen LogP contribution in [0.1, 0.15) is 33.6 Å². The van der Waals surface area contributed by atoms with E-state index in [1.807, 2.05) is 13.8 Å². The summed E-state index contributed by atoms with van der Waals surface area (Å²) in [5.74, 6) is 0.188. The third kappa shape index (κ3) is 12.4. The molecular formula is C10H18O. The number of ketones is 1. The van der Waals surface area contributed by atoms with Gasteiger partial charge in [-0.2, -0.15) is 0 Å². The van der Waals surface area contributed by atoms with Gasteiger partial charge in [0.2, 0.25) is 0 Å². The van der Waals surface area contributed by atoms with E-state index in [0.29, 0.717) is 12.0 Å². The minimum atomic E-state index is 0.188. The van der Waals surface area contributed by atoms with Crippen LogP contribution in [0.4, 0.5) is 0 Å². The predicted octanol–water partition coefficient (Wildman–Crippen LogP) is 3.12. The molecule has 0 unspecified atom stereocenters. The summed E-state index contributed by atoms with van der Waals surface area (Å²) in [6.07, 6.45) is 3.32. The lowest BCUT2D eigenvalue weighted by atomic mass is 10.1. The second kappa shape index (κ2) is 9.15. The van der Waals surface area contributed by atoms with Crippen LogP contribution in [0.2, 0.25) is 0 Å². The Bertz CT molecular complexity index is 134. The van der Waals surface area contributed by atoms with Gasteiger partial charge in [0.1, 0.15) is 0 Å². The van der Waals surface area contributed by atoms with Gasteiger partial charge < -0.3 is 0 Å². The normalized spacial score (nSPS) is 7.55. The Morgan fingerprint density at radius 3 is 2.00 bits per heavy atom. The van der Waals surface area contributed by atoms with Gasteiger partial charge in [-0.15, -0.1) is 6.58 Å². The monoisotopic (exact) mass is 154 g/mol. The maximum atomic E-state index is 10.6. The van der Waals surface area contributed by atoms with Gasteiger partial charge in [0.15, 0.2) is 5.78 Å². The molecule has 0 aliphatic heterocycles. The van der Waals surface area contributed by atoms with Gasteiger partial charge in [0.05, 0.1) is 0 Å². The third-order valence-electron chi connectivity index (χ3n) is 0.953. The highest BCUT2D eigenvalue weighted by Crippen LogP contribution is 1.96. The second-order valence-corrected chi connectivity index (χ2v) is 2.36. The van der Waals surface area contributed by atoms with E-state index < -0.39 is 0 Å². The minimum absolute atomic E-state index is 0.188. The van der Waals surface area contributed by atoms with Gasteiger partial charge in [-0.1, -0.05) is 19.6 Å². The van der Waals surface area contributed by atoms with Crippen molar-refractivity contribution in [1.29, 1.82) is 0 Å². The number of Topliss-reactive ketones (excluding diaryl/α,β-unsaturated/α-hetero) is 1. The summed E-state index contributed by atoms with van der Waals surface area (Å²) in [6.45, 7) is 12.5. The van der Waals surface area contributed by atoms with Crippen LogP contribution in [0.5, 0.6) is 0 Å². The molecule has 0 aromatic rings. The molecule has 0 aliphatic rings. The van der Waals surface area contributed by atoms with Crippen LogP contribution >= 0.6 is 0 Å². The van der Waals surface area contributed by atoms with E-state index in [4.69, 9.17) is 0 Å². The Morgan fingerprint density at radius 2 is 1.91 bits per heavy atom. The second-order valence-electron chi connectivity index (χ2n) is 2.36. The van der Waals surface area contributed by atoms with Gasteiger partial charge in [-0.3, -0.25) is 4.79 Å². The van der Waals surface area contributed by atoms with Crippen LogP contribution in [0, 0.1) is 0 Å². The first-order valence-corrected chi connectivity index (χ1v) is 3.85. The van der Waals surface area contributed by atoms with Crippen molar-refractivity contribution in [3.05, 3.63) is 24.8 Å². The van der Waals surface area contributed by atoms with Gasteiger partial charge in [0, 0.05) is 6.42 Å². The van der Waals surface area contributed by atoms with Crippen molar-refractivity contribution in [1.82, 2.24) is 0 Å². The summed E-state index contributed by atoms with van der Waals surface area (Å²) in [7, 11) is 0. The van der Waals surface area contributed by atoms with Crippen molar-refractivity contribution >= 4 is 5.78 Å². The topological polar surface area (TPSA) is 17.1 Å². The fourth-order valence-corrected chi connectivity index (χ4v) is 0.440. The molecule has 0 aromatic heterocycles. The summed E-state index contributed by atoms with van der Waals surface area (Å²) in [6, 6.07) is 0. The lowest BCUT2D eigenvalue weighted by Gasteiger charge is -1.92. The Morgan fingerprint density at radius 1 is 1.55 bits per heavy atom. The lowest BCUT2D eigenvalue weighted by molar-refractivity contribution is -0.115. The van der Waals surface area contributed by atoms with Gasteiger partial charge >= 0.3 is 0 Å². The van der Waals surface area contributed by atoms with Gasteiger partial charge in [0.25, 0.3) is 0 Å². The molecule has 0 N–H and O–H groups in total. The fraction of sp³-hybridized carbons (Fsp3) is 0.500. The molecule has 11 heavy (non-hydrogen) atoms. The molecule has 1 heteroatoms. The van der Waals surface area contributed by atoms with Gasteiger partial charge in [-0.05, 0) is 25.8 Å². The van der Waals surface area contributed by atoms with Crippen LogP contribution in [0.3, 0.4) is 0 Å². The van der Waals surface area contributed by atoms with Crippen LogP contribution in [-0.2, 0) is 4.79 Å². The number of hydrogen-bond acceptors (Lipinski definition) is 1. The van der Waals surface area contributed by atoms with Crippen molar-refractivity contribution in [2.24, 2.45) is 0 Å². The molecule has 0 aromatic carbocycles. The van der Waals surface area contributed by atoms with Crippen molar-refractivity contribution in [2.45, 2.75) is 33.6 Å². The Balaban J connectivity index is 0. The highest BCUT2D eigenvalue weighted by Gasteiger charge is 1.97. The molecular weight excluding hydrogens is 136 g/mol. The van der Waals surface area contributed by atoms with E-state index in [-0.39, 0.29) is 5.78 Å². The zero-order valence-electron chi connectivity index (χ0n) is 7.81. The summed E-state index contributed by atoms with van der Waals surface area (Å²) >= 11 is 0. The number of allylic oxidation sites excluding steroid dienone is 2. The van der Waals surface area contributed by atoms with Crippen molar-refractivity contribution in [3.8, 4) is 0 Å². The molecule has 0 bridgehead atoms. The number of hydrogen-bond donors (Lipinski definition) is 0. The van der Waals surface area contributed by atoms with E-state index in [9.17, 15) is 4.79 Å². The van der Waals surface area contributed by atoms with E-state index in [1.165, 1.54) is 0 Å². The summed E-state index contributed by atoms with van der Waals surface area (Å²) in [5, 5.41) is 0. The fourth-order valence-electron chi connectivity index (χ4n) is 0.440. The molecule has 0 spiro atoms. The SMILES string of the molecule is C=C(C)C(=O)CCC.C=CC. The smallest absolute Gasteiger partial charge is 0.157 e. The Labute approximate surface area is 69.8 Å². The maximum Gasteiger partial charge on any atom is 0.157 e. The van der Waals surface area contributed by atoms with Crippen LogP contribution in [0.15, 0.2) is 24.8 Å². The first-order chi connectivity index (χ1) is 5.09. The van der Waals surface area contributed by atoms with Crippen LogP contribution in [0.25, 0.3) is 0 Å². The molecule has 0 rings (SSSR count). The van der Waals surface area contributed by atoms with E-state index in [1.54, 1.807) is 13.0 Å². The van der Waals surface area contributed by atoms with Crippen molar-refractivity contribution in [3.63, 3.8) is 0 Å². The summed E-state index contributed by atoms with van der Waals surface area (Å²) in [5.41, 5.74) is 0.673. The largest absolute Gasteiger partial charge is 0.295 e. The molecule has 0 saturated heterocycles. The zero-order valence-corrected chi connectivity index (χ0v) is 7.81. The van der Waals surface area contributed by atoms with E-state index in [2.05, 4.69) is 13.2 Å². The molecule has 0 aliphatic carbocycles. The number of carbonyl (C=O) groups is 1. The highest BCUT2D eigenvalue weighted by atomic mass is 16.1. The van der Waals surface area contributed by atoms with E-state index >= 15 is 0 Å². The highest BCUT2D eigenvalue weighted by molar-refractivity contribution is 5.93. The number of rotatable bonds is 3. The molecule has 0 heterocycles. The summed E-state index contributed by atoms with van der Waals surface area (Å²) < 4.78 is 0. The third-order valence-corrected chi connectivity index (χ3v) is 0.953. The van der Waals surface area contributed by atoms with Gasteiger partial charge in [-0.25, -0.2) is 0 Å². The average Bonchev–Trinajstić information content (AvgIpc) is 1.90. The average molecular weight is 154 g/mol. The number of carbonyl (C=O) groups excluding carboxylic acids is 1. The van der Waals surface area contributed by atoms with E-state index in [0.717, 1.165) is 6.42 Å². The zero-order chi connectivity index (χ0) is 9.28. The Kier molecular flexibility index (Phi) is 10.6. The maximum absolute atomic E-state index is 10.6. The first kappa shape index (κ1) is 12.8. The predicted molar refractivity (Wildman–Crippen MR) is 50.6 cm³/mol. The Hall–Kier alpha value is -0.850. The molecule has 0 saturated carbocycles. The molecule has 0 radical (unpaired) electrons.